The van der Waals surface area contributed by atoms with Crippen LogP contribution in [0.1, 0.15) is 90.5 Å². The van der Waals surface area contributed by atoms with E-state index in [0.717, 1.165) is 29.5 Å². The second kappa shape index (κ2) is 12.9. The van der Waals surface area contributed by atoms with Crippen LogP contribution < -0.4 is 10.6 Å². The van der Waals surface area contributed by atoms with Crippen LogP contribution in [0.2, 0.25) is 0 Å². The SMILES string of the molecule is CCCCCN(C(=O)C(CO)NC(=O)OC(C)(C)C)C(C(=O)NC(C)(C)C)c1c(C)cccc1C. The van der Waals surface area contributed by atoms with Gasteiger partial charge in [0, 0.05) is 12.1 Å². The molecule has 0 saturated carbocycles. The normalized spacial score (nSPS) is 13.5. The molecule has 0 aromatic heterocycles. The number of amides is 3. The molecule has 0 saturated heterocycles. The number of hydrogen-bond donors (Lipinski definition) is 3. The van der Waals surface area contributed by atoms with Crippen molar-refractivity contribution >= 4 is 17.9 Å². The van der Waals surface area contributed by atoms with Crippen molar-refractivity contribution in [1.29, 1.82) is 0 Å². The molecule has 0 aliphatic rings. The van der Waals surface area contributed by atoms with Gasteiger partial charge in [0.25, 0.3) is 0 Å². The quantitative estimate of drug-likeness (QED) is 0.426. The molecule has 8 nitrogen and oxygen atoms in total. The molecule has 0 bridgehead atoms. The van der Waals surface area contributed by atoms with Crippen molar-refractivity contribution in [2.45, 2.75) is 105 Å². The summed E-state index contributed by atoms with van der Waals surface area (Å²) in [5, 5.41) is 15.5. The fourth-order valence-electron chi connectivity index (χ4n) is 3.86. The first-order valence-electron chi connectivity index (χ1n) is 12.4. The highest BCUT2D eigenvalue weighted by Gasteiger charge is 2.38. The molecule has 1 rings (SSSR count). The topological polar surface area (TPSA) is 108 Å². The predicted octanol–water partition coefficient (Wildman–Crippen LogP) is 4.16. The molecule has 0 spiro atoms. The lowest BCUT2D eigenvalue weighted by Gasteiger charge is -2.37. The lowest BCUT2D eigenvalue weighted by atomic mass is 9.92. The summed E-state index contributed by atoms with van der Waals surface area (Å²) in [5.74, 6) is -0.847. The van der Waals surface area contributed by atoms with Crippen LogP contribution in [0, 0.1) is 13.8 Å². The first-order chi connectivity index (χ1) is 16.1. The maximum atomic E-state index is 13.8. The molecule has 2 unspecified atom stereocenters. The zero-order valence-electron chi connectivity index (χ0n) is 22.9. The molecule has 2 atom stereocenters. The number of carbonyl (C=O) groups excluding carboxylic acids is 3. The van der Waals surface area contributed by atoms with Crippen molar-refractivity contribution in [3.63, 3.8) is 0 Å². The van der Waals surface area contributed by atoms with Crippen LogP contribution in [-0.2, 0) is 14.3 Å². The van der Waals surface area contributed by atoms with Crippen LogP contribution in [0.15, 0.2) is 18.2 Å². The second-order valence-electron chi connectivity index (χ2n) is 11.1. The number of carbonyl (C=O) groups is 3. The summed E-state index contributed by atoms with van der Waals surface area (Å²) in [5.41, 5.74) is 1.23. The third kappa shape index (κ3) is 9.88. The largest absolute Gasteiger partial charge is 0.444 e. The van der Waals surface area contributed by atoms with Gasteiger partial charge in [-0.05, 0) is 78.5 Å². The molecule has 0 heterocycles. The van der Waals surface area contributed by atoms with Gasteiger partial charge in [-0.1, -0.05) is 38.0 Å². The standard InChI is InChI=1S/C27H45N3O5/c1-10-11-12-16-30(24(33)20(17-31)28-25(34)35-27(7,8)9)22(23(32)29-26(4,5)6)21-18(2)14-13-15-19(21)3/h13-15,20,22,31H,10-12,16-17H2,1-9H3,(H,28,34)(H,29,32). The molecule has 1 aromatic carbocycles. The number of benzene rings is 1. The van der Waals surface area contributed by atoms with Gasteiger partial charge in [0.2, 0.25) is 11.8 Å². The number of nitrogens with one attached hydrogen (secondary N) is 2. The Morgan fingerprint density at radius 3 is 2.06 bits per heavy atom. The summed E-state index contributed by atoms with van der Waals surface area (Å²) in [7, 11) is 0. The van der Waals surface area contributed by atoms with Crippen LogP contribution in [0.5, 0.6) is 0 Å². The van der Waals surface area contributed by atoms with Crippen molar-refractivity contribution in [3.8, 4) is 0 Å². The van der Waals surface area contributed by atoms with Crippen LogP contribution >= 0.6 is 0 Å². The van der Waals surface area contributed by atoms with E-state index in [2.05, 4.69) is 17.6 Å². The summed E-state index contributed by atoms with van der Waals surface area (Å²) in [6.07, 6.45) is 1.68. The highest BCUT2D eigenvalue weighted by Crippen LogP contribution is 2.29. The Morgan fingerprint density at radius 1 is 1.03 bits per heavy atom. The Bertz CT molecular complexity index is 850. The summed E-state index contributed by atoms with van der Waals surface area (Å²) < 4.78 is 5.28. The molecular weight excluding hydrogens is 446 g/mol. The van der Waals surface area contributed by atoms with E-state index in [1.807, 2.05) is 52.8 Å². The lowest BCUT2D eigenvalue weighted by molar-refractivity contribution is -0.144. The van der Waals surface area contributed by atoms with E-state index in [1.165, 1.54) is 4.90 Å². The molecule has 3 N–H and O–H groups in total. The summed E-state index contributed by atoms with van der Waals surface area (Å²) >= 11 is 0. The smallest absolute Gasteiger partial charge is 0.408 e. The first-order valence-corrected chi connectivity index (χ1v) is 12.4. The van der Waals surface area contributed by atoms with Gasteiger partial charge in [-0.25, -0.2) is 4.79 Å². The van der Waals surface area contributed by atoms with E-state index in [1.54, 1.807) is 20.8 Å². The van der Waals surface area contributed by atoms with Gasteiger partial charge in [0.15, 0.2) is 0 Å². The predicted molar refractivity (Wildman–Crippen MR) is 138 cm³/mol. The Balaban J connectivity index is 3.52. The van der Waals surface area contributed by atoms with Gasteiger partial charge in [-0.2, -0.15) is 0 Å². The Morgan fingerprint density at radius 2 is 1.60 bits per heavy atom. The average Bonchev–Trinajstić information content (AvgIpc) is 2.70. The number of hydrogen-bond acceptors (Lipinski definition) is 5. The zero-order chi connectivity index (χ0) is 27.0. The van der Waals surface area contributed by atoms with Crippen molar-refractivity contribution in [3.05, 3.63) is 34.9 Å². The maximum Gasteiger partial charge on any atom is 0.408 e. The molecule has 35 heavy (non-hydrogen) atoms. The number of rotatable bonds is 10. The van der Waals surface area contributed by atoms with E-state index in [0.29, 0.717) is 13.0 Å². The van der Waals surface area contributed by atoms with E-state index in [4.69, 9.17) is 4.74 Å². The van der Waals surface area contributed by atoms with Crippen LogP contribution in [0.4, 0.5) is 4.79 Å². The monoisotopic (exact) mass is 491 g/mol. The Kier molecular flexibility index (Phi) is 11.2. The number of aliphatic hydroxyl groups excluding tert-OH is 1. The molecule has 0 fully saturated rings. The number of aliphatic hydroxyl groups is 1. The third-order valence-corrected chi connectivity index (χ3v) is 5.33. The van der Waals surface area contributed by atoms with Gasteiger partial charge in [-0.15, -0.1) is 0 Å². The van der Waals surface area contributed by atoms with E-state index in [9.17, 15) is 19.5 Å². The van der Waals surface area contributed by atoms with E-state index < -0.39 is 41.8 Å². The fourth-order valence-corrected chi connectivity index (χ4v) is 3.86. The molecule has 198 valence electrons. The molecule has 0 aliphatic carbocycles. The fraction of sp³-hybridized carbons (Fsp3) is 0.667. The highest BCUT2D eigenvalue weighted by molar-refractivity contribution is 5.92. The summed E-state index contributed by atoms with van der Waals surface area (Å²) in [4.78, 5) is 41.4. The molecule has 0 aliphatic heterocycles. The molecule has 3 amide bonds. The second-order valence-corrected chi connectivity index (χ2v) is 11.1. The van der Waals surface area contributed by atoms with Crippen LogP contribution in [-0.4, -0.2) is 58.2 Å². The Labute approximate surface area is 210 Å². The zero-order valence-corrected chi connectivity index (χ0v) is 22.9. The molecule has 1 aromatic rings. The van der Waals surface area contributed by atoms with Crippen LogP contribution in [0.3, 0.4) is 0 Å². The van der Waals surface area contributed by atoms with Crippen molar-refractivity contribution in [2.24, 2.45) is 0 Å². The summed E-state index contributed by atoms with van der Waals surface area (Å²) in [6.45, 7) is 16.4. The van der Waals surface area contributed by atoms with E-state index in [-0.39, 0.29) is 5.91 Å². The number of ether oxygens (including phenoxy) is 1. The van der Waals surface area contributed by atoms with Gasteiger partial charge in [-0.3, -0.25) is 9.59 Å². The molecule has 0 radical (unpaired) electrons. The van der Waals surface area contributed by atoms with Crippen molar-refractivity contribution < 1.29 is 24.2 Å². The third-order valence-electron chi connectivity index (χ3n) is 5.33. The van der Waals surface area contributed by atoms with Gasteiger partial charge in [0.05, 0.1) is 6.61 Å². The minimum Gasteiger partial charge on any atom is -0.444 e. The highest BCUT2D eigenvalue weighted by atomic mass is 16.6. The van der Waals surface area contributed by atoms with Gasteiger partial charge in [0.1, 0.15) is 17.7 Å². The first kappa shape index (κ1) is 30.4. The number of unbranched alkanes of at least 4 members (excludes halogenated alkanes) is 2. The molecular formula is C27H45N3O5. The minimum absolute atomic E-state index is 0.301. The van der Waals surface area contributed by atoms with Crippen LogP contribution in [0.25, 0.3) is 0 Å². The van der Waals surface area contributed by atoms with Crippen molar-refractivity contribution in [1.82, 2.24) is 15.5 Å². The maximum absolute atomic E-state index is 13.8. The molecule has 8 heteroatoms. The average molecular weight is 492 g/mol. The van der Waals surface area contributed by atoms with Crippen molar-refractivity contribution in [2.75, 3.05) is 13.2 Å². The van der Waals surface area contributed by atoms with Gasteiger partial charge >= 0.3 is 6.09 Å². The minimum atomic E-state index is -1.25. The van der Waals surface area contributed by atoms with E-state index >= 15 is 0 Å². The lowest BCUT2D eigenvalue weighted by Crippen LogP contribution is -2.56. The Hall–Kier alpha value is -2.61. The number of aryl methyl sites for hydroxylation is 2. The summed E-state index contributed by atoms with van der Waals surface area (Å²) in [6, 6.07) is 3.57. The number of alkyl carbamates (subject to hydrolysis) is 1. The number of nitrogens with zero attached hydrogens (tertiary/aromatic N) is 1. The van der Waals surface area contributed by atoms with Gasteiger partial charge < -0.3 is 25.4 Å².